The summed E-state index contributed by atoms with van der Waals surface area (Å²) in [5.41, 5.74) is 1.85. The highest BCUT2D eigenvalue weighted by atomic mass is 16.2. The van der Waals surface area contributed by atoms with Gasteiger partial charge < -0.3 is 9.80 Å². The minimum absolute atomic E-state index is 0.0762. The summed E-state index contributed by atoms with van der Waals surface area (Å²) >= 11 is 0. The van der Waals surface area contributed by atoms with Gasteiger partial charge in [0.25, 0.3) is 5.91 Å². The molecule has 2 aromatic rings. The Morgan fingerprint density at radius 1 is 1.04 bits per heavy atom. The van der Waals surface area contributed by atoms with Gasteiger partial charge in [-0.1, -0.05) is 31.7 Å². The minimum atomic E-state index is -0.0762. The zero-order valence-corrected chi connectivity index (χ0v) is 16.1. The summed E-state index contributed by atoms with van der Waals surface area (Å²) < 4.78 is 0. The second-order valence-electron chi connectivity index (χ2n) is 7.74. The lowest BCUT2D eigenvalue weighted by atomic mass is 10.0. The summed E-state index contributed by atoms with van der Waals surface area (Å²) in [5.74, 6) is 0.895. The van der Waals surface area contributed by atoms with Crippen LogP contribution in [0.25, 0.3) is 11.4 Å². The van der Waals surface area contributed by atoms with Crippen LogP contribution in [0.5, 0.6) is 0 Å². The summed E-state index contributed by atoms with van der Waals surface area (Å²) in [6.07, 6.45) is 8.55. The van der Waals surface area contributed by atoms with E-state index in [0.29, 0.717) is 44.0 Å². The number of carbonyl (C=O) groups excluding carboxylic acids is 2. The highest BCUT2D eigenvalue weighted by Crippen LogP contribution is 2.28. The first kappa shape index (κ1) is 18.7. The Kier molecular flexibility index (Phi) is 5.69. The number of hydrogen-bond donors (Lipinski definition) is 1. The second-order valence-corrected chi connectivity index (χ2v) is 7.74. The number of amides is 2. The number of pyridine rings is 1. The molecule has 1 aliphatic heterocycles. The quantitative estimate of drug-likeness (QED) is 0.863. The van der Waals surface area contributed by atoms with Crippen molar-refractivity contribution < 1.29 is 9.59 Å². The van der Waals surface area contributed by atoms with Gasteiger partial charge in [-0.2, -0.15) is 5.10 Å². The average Bonchev–Trinajstić information content (AvgIpc) is 3.44. The number of nitrogens with zero attached hydrogens (tertiary/aromatic N) is 4. The van der Waals surface area contributed by atoms with Crippen LogP contribution in [0.1, 0.15) is 49.0 Å². The Morgan fingerprint density at radius 2 is 1.79 bits per heavy atom. The van der Waals surface area contributed by atoms with E-state index in [-0.39, 0.29) is 11.8 Å². The van der Waals surface area contributed by atoms with Gasteiger partial charge in [0.1, 0.15) is 11.4 Å². The number of rotatable bonds is 5. The molecule has 3 heterocycles. The van der Waals surface area contributed by atoms with E-state index in [0.717, 1.165) is 18.0 Å². The topological polar surface area (TPSA) is 82.2 Å². The van der Waals surface area contributed by atoms with Crippen molar-refractivity contribution >= 4 is 11.8 Å². The third kappa shape index (κ3) is 4.24. The van der Waals surface area contributed by atoms with Crippen molar-refractivity contribution in [3.05, 3.63) is 36.2 Å². The monoisotopic (exact) mass is 381 g/mol. The smallest absolute Gasteiger partial charge is 0.272 e. The fourth-order valence-electron chi connectivity index (χ4n) is 4.19. The summed E-state index contributed by atoms with van der Waals surface area (Å²) in [4.78, 5) is 33.2. The third-order valence-corrected chi connectivity index (χ3v) is 5.90. The Morgan fingerprint density at radius 3 is 2.50 bits per heavy atom. The zero-order chi connectivity index (χ0) is 19.3. The largest absolute Gasteiger partial charge is 0.339 e. The molecule has 0 unspecified atom stereocenters. The fraction of sp³-hybridized carbons (Fsp3) is 0.524. The second kappa shape index (κ2) is 8.54. The van der Waals surface area contributed by atoms with E-state index in [9.17, 15) is 9.59 Å². The molecule has 2 aliphatic rings. The molecule has 0 atom stereocenters. The summed E-state index contributed by atoms with van der Waals surface area (Å²) in [5, 5.41) is 7.03. The van der Waals surface area contributed by atoms with Gasteiger partial charge >= 0.3 is 0 Å². The van der Waals surface area contributed by atoms with Crippen molar-refractivity contribution in [1.82, 2.24) is 25.0 Å². The van der Waals surface area contributed by atoms with Crippen LogP contribution in [0.2, 0.25) is 0 Å². The van der Waals surface area contributed by atoms with Crippen LogP contribution in [0.15, 0.2) is 30.5 Å². The molecule has 0 aromatic carbocycles. The summed E-state index contributed by atoms with van der Waals surface area (Å²) in [6, 6.07) is 7.34. The minimum Gasteiger partial charge on any atom is -0.339 e. The molecule has 2 amide bonds. The molecule has 2 aromatic heterocycles. The van der Waals surface area contributed by atoms with Crippen LogP contribution < -0.4 is 0 Å². The first-order chi connectivity index (χ1) is 13.7. The van der Waals surface area contributed by atoms with Gasteiger partial charge in [0.2, 0.25) is 5.91 Å². The van der Waals surface area contributed by atoms with Crippen LogP contribution in [-0.4, -0.2) is 63.0 Å². The van der Waals surface area contributed by atoms with Gasteiger partial charge in [0, 0.05) is 38.8 Å². The average molecular weight is 381 g/mol. The van der Waals surface area contributed by atoms with Crippen LogP contribution >= 0.6 is 0 Å². The maximum absolute atomic E-state index is 12.8. The van der Waals surface area contributed by atoms with E-state index < -0.39 is 0 Å². The number of aromatic amines is 1. The van der Waals surface area contributed by atoms with Gasteiger partial charge in [-0.25, -0.2) is 0 Å². The predicted molar refractivity (Wildman–Crippen MR) is 105 cm³/mol. The maximum atomic E-state index is 12.8. The molecular formula is C21H27N5O2. The molecule has 148 valence electrons. The van der Waals surface area contributed by atoms with Crippen molar-refractivity contribution in [3.8, 4) is 11.4 Å². The molecule has 1 saturated heterocycles. The number of carbonyl (C=O) groups is 2. The van der Waals surface area contributed by atoms with Gasteiger partial charge in [-0.3, -0.25) is 19.7 Å². The van der Waals surface area contributed by atoms with Crippen molar-refractivity contribution in [1.29, 1.82) is 0 Å². The SMILES string of the molecule is O=C(CCC1CCCC1)N1CCN(C(=O)c2cc(-c3ccccn3)n[nH]2)CC1. The number of hydrogen-bond acceptors (Lipinski definition) is 4. The highest BCUT2D eigenvalue weighted by Gasteiger charge is 2.26. The first-order valence-electron chi connectivity index (χ1n) is 10.2. The molecule has 0 bridgehead atoms. The lowest BCUT2D eigenvalue weighted by Gasteiger charge is -2.34. The molecule has 7 heteroatoms. The number of aromatic nitrogens is 3. The van der Waals surface area contributed by atoms with Gasteiger partial charge in [-0.05, 0) is 30.5 Å². The van der Waals surface area contributed by atoms with E-state index in [1.807, 2.05) is 23.1 Å². The van der Waals surface area contributed by atoms with E-state index >= 15 is 0 Å². The molecule has 1 saturated carbocycles. The summed E-state index contributed by atoms with van der Waals surface area (Å²) in [6.45, 7) is 2.34. The summed E-state index contributed by atoms with van der Waals surface area (Å²) in [7, 11) is 0. The van der Waals surface area contributed by atoms with Crippen LogP contribution in [0.4, 0.5) is 0 Å². The van der Waals surface area contributed by atoms with E-state index in [4.69, 9.17) is 0 Å². The Balaban J connectivity index is 1.28. The molecular weight excluding hydrogens is 354 g/mol. The van der Waals surface area contributed by atoms with Crippen molar-refractivity contribution in [3.63, 3.8) is 0 Å². The number of H-pyrrole nitrogens is 1. The van der Waals surface area contributed by atoms with E-state index in [1.54, 1.807) is 17.2 Å². The van der Waals surface area contributed by atoms with Crippen molar-refractivity contribution in [2.75, 3.05) is 26.2 Å². The first-order valence-corrected chi connectivity index (χ1v) is 10.2. The van der Waals surface area contributed by atoms with Gasteiger partial charge in [0.05, 0.1) is 5.69 Å². The lowest BCUT2D eigenvalue weighted by Crippen LogP contribution is -2.50. The fourth-order valence-corrected chi connectivity index (χ4v) is 4.19. The van der Waals surface area contributed by atoms with Crippen LogP contribution in [0.3, 0.4) is 0 Å². The molecule has 2 fully saturated rings. The van der Waals surface area contributed by atoms with Crippen molar-refractivity contribution in [2.24, 2.45) is 5.92 Å². The Hall–Kier alpha value is -2.70. The third-order valence-electron chi connectivity index (χ3n) is 5.90. The van der Waals surface area contributed by atoms with Gasteiger partial charge in [-0.15, -0.1) is 0 Å². The Labute approximate surface area is 165 Å². The molecule has 0 radical (unpaired) electrons. The van der Waals surface area contributed by atoms with Crippen LogP contribution in [0, 0.1) is 5.92 Å². The zero-order valence-electron chi connectivity index (χ0n) is 16.1. The Bertz CT molecular complexity index is 805. The highest BCUT2D eigenvalue weighted by molar-refractivity contribution is 5.93. The maximum Gasteiger partial charge on any atom is 0.272 e. The van der Waals surface area contributed by atoms with E-state index in [2.05, 4.69) is 15.2 Å². The predicted octanol–water partition coefficient (Wildman–Crippen LogP) is 2.73. The standard InChI is InChI=1S/C21H27N5O2/c27-20(9-8-16-5-1-2-6-16)25-11-13-26(14-12-25)21(28)19-15-18(23-24-19)17-7-3-4-10-22-17/h3-4,7,10,15-16H,1-2,5-6,8-9,11-14H2,(H,23,24). The molecule has 4 rings (SSSR count). The van der Waals surface area contributed by atoms with Gasteiger partial charge in [0.15, 0.2) is 0 Å². The molecule has 1 N–H and O–H groups in total. The van der Waals surface area contributed by atoms with E-state index in [1.165, 1.54) is 25.7 Å². The molecule has 7 nitrogen and oxygen atoms in total. The number of piperazine rings is 1. The molecule has 1 aliphatic carbocycles. The van der Waals surface area contributed by atoms with Crippen molar-refractivity contribution in [2.45, 2.75) is 38.5 Å². The number of nitrogens with one attached hydrogen (secondary N) is 1. The lowest BCUT2D eigenvalue weighted by molar-refractivity contribution is -0.133. The van der Waals surface area contributed by atoms with Crippen LogP contribution in [-0.2, 0) is 4.79 Å². The molecule has 0 spiro atoms. The normalized spacial score (nSPS) is 17.9. The molecule has 28 heavy (non-hydrogen) atoms.